The van der Waals surface area contributed by atoms with Crippen LogP contribution in [0.3, 0.4) is 0 Å². The van der Waals surface area contributed by atoms with Crippen LogP contribution in [0.5, 0.6) is 0 Å². The van der Waals surface area contributed by atoms with Crippen molar-refractivity contribution < 1.29 is 38.9 Å². The molecule has 4 fully saturated rings. The van der Waals surface area contributed by atoms with Crippen LogP contribution in [0, 0.1) is 21.7 Å². The van der Waals surface area contributed by atoms with Gasteiger partial charge in [-0.3, -0.25) is 19.2 Å². The summed E-state index contributed by atoms with van der Waals surface area (Å²) in [6.07, 6.45) is -0.570. The van der Waals surface area contributed by atoms with Gasteiger partial charge in [-0.15, -0.1) is 0 Å². The minimum atomic E-state index is -2.32. The molecule has 9 heteroatoms. The van der Waals surface area contributed by atoms with Gasteiger partial charge in [0.1, 0.15) is 0 Å². The highest BCUT2D eigenvalue weighted by Gasteiger charge is 2.76. The summed E-state index contributed by atoms with van der Waals surface area (Å²) in [6.45, 7) is 5.41. The van der Waals surface area contributed by atoms with Crippen LogP contribution in [-0.4, -0.2) is 47.5 Å². The van der Waals surface area contributed by atoms with E-state index < -0.39 is 53.9 Å². The molecule has 0 unspecified atom stereocenters. The molecule has 0 aliphatic heterocycles. The van der Waals surface area contributed by atoms with Crippen LogP contribution in [0.2, 0.25) is 19.6 Å². The Morgan fingerprint density at radius 2 is 0.923 bits per heavy atom. The predicted molar refractivity (Wildman–Crippen MR) is 89.8 cm³/mol. The van der Waals surface area contributed by atoms with E-state index in [0.717, 1.165) is 0 Å². The van der Waals surface area contributed by atoms with E-state index in [0.29, 0.717) is 0 Å². The standard InChI is InChI=1S/C17H24O8Si/c1-26(2,3)25-13(24)17-7-14(10(18)19)4-15(8-17,11(20)21)6-16(5-14,9-17)12(22)23/h4-9H2,1-3H3,(H,18,19)(H,20,21)(H,22,23). The second-order valence-corrected chi connectivity index (χ2v) is 14.0. The number of hydrogen-bond acceptors (Lipinski definition) is 5. The Hall–Kier alpha value is -1.90. The van der Waals surface area contributed by atoms with Crippen molar-refractivity contribution in [3.8, 4) is 0 Å². The first-order chi connectivity index (χ1) is 11.7. The van der Waals surface area contributed by atoms with Crippen LogP contribution in [0.25, 0.3) is 0 Å². The molecule has 0 aromatic rings. The average molecular weight is 384 g/mol. The van der Waals surface area contributed by atoms with E-state index in [4.69, 9.17) is 4.43 Å². The van der Waals surface area contributed by atoms with Crippen LogP contribution in [0.4, 0.5) is 0 Å². The second-order valence-electron chi connectivity index (χ2n) is 9.60. The lowest BCUT2D eigenvalue weighted by atomic mass is 9.35. The van der Waals surface area contributed by atoms with Gasteiger partial charge < -0.3 is 19.7 Å². The van der Waals surface area contributed by atoms with Crippen molar-refractivity contribution in [2.24, 2.45) is 21.7 Å². The zero-order valence-electron chi connectivity index (χ0n) is 15.1. The quantitative estimate of drug-likeness (QED) is 0.611. The molecule has 144 valence electrons. The highest BCUT2D eigenvalue weighted by atomic mass is 28.4. The zero-order chi connectivity index (χ0) is 19.8. The second kappa shape index (κ2) is 5.08. The van der Waals surface area contributed by atoms with Gasteiger partial charge in [0.25, 0.3) is 5.97 Å². The van der Waals surface area contributed by atoms with Crippen LogP contribution >= 0.6 is 0 Å². The molecule has 8 nitrogen and oxygen atoms in total. The largest absolute Gasteiger partial charge is 0.519 e. The van der Waals surface area contributed by atoms with Crippen LogP contribution in [-0.2, 0) is 23.6 Å². The fourth-order valence-electron chi connectivity index (χ4n) is 5.92. The van der Waals surface area contributed by atoms with E-state index in [1.54, 1.807) is 19.6 Å². The van der Waals surface area contributed by atoms with Gasteiger partial charge in [0.15, 0.2) is 0 Å². The predicted octanol–water partition coefficient (Wildman–Crippen LogP) is 1.95. The Labute approximate surface area is 151 Å². The molecule has 0 saturated heterocycles. The Morgan fingerprint density at radius 1 is 0.654 bits per heavy atom. The number of hydrogen-bond donors (Lipinski definition) is 3. The maximum atomic E-state index is 13.0. The van der Waals surface area contributed by atoms with Crippen molar-refractivity contribution in [3.63, 3.8) is 0 Å². The van der Waals surface area contributed by atoms with Gasteiger partial charge in [0.2, 0.25) is 8.32 Å². The Bertz CT molecular complexity index is 639. The van der Waals surface area contributed by atoms with Crippen molar-refractivity contribution in [3.05, 3.63) is 0 Å². The normalized spacial score (nSPS) is 40.9. The summed E-state index contributed by atoms with van der Waals surface area (Å²) in [6, 6.07) is 0. The molecule has 0 atom stereocenters. The molecule has 4 bridgehead atoms. The molecule has 0 aromatic carbocycles. The van der Waals surface area contributed by atoms with Crippen LogP contribution in [0.15, 0.2) is 0 Å². The molecule has 0 aromatic heterocycles. The summed E-state index contributed by atoms with van der Waals surface area (Å²) in [5.41, 5.74) is -5.94. The summed E-state index contributed by atoms with van der Waals surface area (Å²) < 4.78 is 5.62. The first-order valence-corrected chi connectivity index (χ1v) is 12.0. The van der Waals surface area contributed by atoms with E-state index in [1.165, 1.54) is 0 Å². The first-order valence-electron chi connectivity index (χ1n) is 8.64. The molecule has 4 aliphatic carbocycles. The van der Waals surface area contributed by atoms with E-state index in [2.05, 4.69) is 0 Å². The molecule has 0 heterocycles. The molecule has 0 spiro atoms. The summed E-state index contributed by atoms with van der Waals surface area (Å²) in [4.78, 5) is 49.4. The van der Waals surface area contributed by atoms with Gasteiger partial charge in [0.05, 0.1) is 21.7 Å². The zero-order valence-corrected chi connectivity index (χ0v) is 16.1. The van der Waals surface area contributed by atoms with E-state index in [9.17, 15) is 34.5 Å². The minimum absolute atomic E-state index is 0.0529. The van der Waals surface area contributed by atoms with Crippen molar-refractivity contribution in [2.75, 3.05) is 0 Å². The Morgan fingerprint density at radius 3 is 1.15 bits per heavy atom. The van der Waals surface area contributed by atoms with E-state index in [1.807, 2.05) is 0 Å². The fourth-order valence-corrected chi connectivity index (χ4v) is 6.69. The number of rotatable bonds is 5. The fraction of sp³-hybridized carbons (Fsp3) is 0.765. The summed E-state index contributed by atoms with van der Waals surface area (Å²) >= 11 is 0. The number of carboxylic acid groups (broad SMARTS) is 3. The monoisotopic (exact) mass is 384 g/mol. The van der Waals surface area contributed by atoms with Crippen molar-refractivity contribution in [1.82, 2.24) is 0 Å². The van der Waals surface area contributed by atoms with Gasteiger partial charge in [-0.1, -0.05) is 0 Å². The third-order valence-electron chi connectivity index (χ3n) is 6.25. The van der Waals surface area contributed by atoms with E-state index in [-0.39, 0.29) is 38.5 Å². The van der Waals surface area contributed by atoms with Gasteiger partial charge in [-0.25, -0.2) is 0 Å². The molecule has 0 amide bonds. The van der Waals surface area contributed by atoms with Gasteiger partial charge in [-0.05, 0) is 58.2 Å². The number of carbonyl (C=O) groups excluding carboxylic acids is 1. The summed E-state index contributed by atoms with van der Waals surface area (Å²) in [5, 5.41) is 29.6. The highest BCUT2D eigenvalue weighted by Crippen LogP contribution is 2.74. The lowest BCUT2D eigenvalue weighted by Gasteiger charge is -2.65. The number of carbonyl (C=O) groups is 4. The molecular weight excluding hydrogens is 360 g/mol. The lowest BCUT2D eigenvalue weighted by molar-refractivity contribution is -0.228. The molecule has 4 aliphatic rings. The van der Waals surface area contributed by atoms with Crippen molar-refractivity contribution in [2.45, 2.75) is 58.2 Å². The maximum Gasteiger partial charge on any atom is 0.309 e. The van der Waals surface area contributed by atoms with Gasteiger partial charge >= 0.3 is 17.9 Å². The smallest absolute Gasteiger partial charge is 0.309 e. The molecular formula is C17H24O8Si. The van der Waals surface area contributed by atoms with Crippen LogP contribution < -0.4 is 0 Å². The summed E-state index contributed by atoms with van der Waals surface area (Å²) in [5.74, 6) is -4.30. The summed E-state index contributed by atoms with van der Waals surface area (Å²) in [7, 11) is -2.32. The number of aliphatic carboxylic acids is 3. The van der Waals surface area contributed by atoms with Crippen LogP contribution in [0.1, 0.15) is 38.5 Å². The lowest BCUT2D eigenvalue weighted by Crippen LogP contribution is -2.69. The Balaban J connectivity index is 2.18. The SMILES string of the molecule is C[Si](C)(C)OC(=O)C12CC3(C(=O)O)CC(C(=O)O)(CC(C(=O)O)(C3)C1)C2. The molecule has 26 heavy (non-hydrogen) atoms. The minimum Gasteiger partial charge on any atom is -0.519 e. The Kier molecular flexibility index (Phi) is 3.69. The van der Waals surface area contributed by atoms with Crippen molar-refractivity contribution in [1.29, 1.82) is 0 Å². The molecule has 0 radical (unpaired) electrons. The average Bonchev–Trinajstić information content (AvgIpc) is 2.43. The third kappa shape index (κ3) is 2.47. The van der Waals surface area contributed by atoms with Gasteiger partial charge in [0, 0.05) is 0 Å². The third-order valence-corrected chi connectivity index (χ3v) is 7.05. The molecule has 4 rings (SSSR count). The molecule has 4 saturated carbocycles. The first kappa shape index (κ1) is 18.9. The highest BCUT2D eigenvalue weighted by molar-refractivity contribution is 6.71. The topological polar surface area (TPSA) is 138 Å². The number of carboxylic acids is 3. The maximum absolute atomic E-state index is 13.0. The van der Waals surface area contributed by atoms with Gasteiger partial charge in [-0.2, -0.15) is 0 Å². The van der Waals surface area contributed by atoms with E-state index >= 15 is 0 Å². The molecule has 3 N–H and O–H groups in total. The van der Waals surface area contributed by atoms with Crippen molar-refractivity contribution >= 4 is 32.2 Å².